The molecule has 130 valence electrons. The molecule has 2 aromatic carbocycles. The number of aromatic nitrogens is 2. The minimum Gasteiger partial charge on any atom is -0.353 e. The van der Waals surface area contributed by atoms with Gasteiger partial charge in [-0.1, -0.05) is 24.3 Å². The van der Waals surface area contributed by atoms with Crippen LogP contribution in [-0.2, 0) is 6.54 Å². The fourth-order valence-electron chi connectivity index (χ4n) is 3.45. The van der Waals surface area contributed by atoms with Crippen LogP contribution in [0.5, 0.6) is 0 Å². The minimum absolute atomic E-state index is 0.205. The predicted molar refractivity (Wildman–Crippen MR) is 99.4 cm³/mol. The van der Waals surface area contributed by atoms with E-state index in [2.05, 4.69) is 27.9 Å². The first-order valence-corrected chi connectivity index (χ1v) is 8.84. The van der Waals surface area contributed by atoms with E-state index >= 15 is 0 Å². The van der Waals surface area contributed by atoms with Crippen LogP contribution in [0.4, 0.5) is 10.3 Å². The standard InChI is InChI=1S/C20H23FN4/c1-24-12-10-17(11-13-24)22-20-23-18-4-2-3-5-19(18)25(20)14-15-6-8-16(21)9-7-15/h2-9,17H,10-14H2,1H3,(H,22,23). The molecule has 1 aliphatic heterocycles. The maximum absolute atomic E-state index is 13.2. The number of hydrogen-bond donors (Lipinski definition) is 1. The van der Waals surface area contributed by atoms with Gasteiger partial charge < -0.3 is 14.8 Å². The van der Waals surface area contributed by atoms with Gasteiger partial charge in [0.05, 0.1) is 17.6 Å². The van der Waals surface area contributed by atoms with Crippen LogP contribution >= 0.6 is 0 Å². The van der Waals surface area contributed by atoms with E-state index in [4.69, 9.17) is 4.98 Å². The van der Waals surface area contributed by atoms with Crippen molar-refractivity contribution in [1.29, 1.82) is 0 Å². The second-order valence-electron chi connectivity index (χ2n) is 6.86. The third-order valence-electron chi connectivity index (χ3n) is 4.96. The number of nitrogens with one attached hydrogen (secondary N) is 1. The van der Waals surface area contributed by atoms with Crippen molar-refractivity contribution >= 4 is 17.0 Å². The molecule has 0 spiro atoms. The number of rotatable bonds is 4. The van der Waals surface area contributed by atoms with Crippen molar-refractivity contribution in [2.45, 2.75) is 25.4 Å². The zero-order valence-corrected chi connectivity index (χ0v) is 14.5. The summed E-state index contributed by atoms with van der Waals surface area (Å²) in [5, 5.41) is 3.64. The van der Waals surface area contributed by atoms with E-state index in [0.717, 1.165) is 48.5 Å². The molecule has 1 aliphatic rings. The zero-order valence-electron chi connectivity index (χ0n) is 14.5. The Morgan fingerprint density at radius 2 is 1.80 bits per heavy atom. The number of imidazole rings is 1. The fraction of sp³-hybridized carbons (Fsp3) is 0.350. The quantitative estimate of drug-likeness (QED) is 0.787. The van der Waals surface area contributed by atoms with Crippen molar-refractivity contribution in [3.05, 3.63) is 59.9 Å². The molecule has 0 radical (unpaired) electrons. The third kappa shape index (κ3) is 3.51. The molecule has 4 rings (SSSR count). The minimum atomic E-state index is -0.205. The van der Waals surface area contributed by atoms with E-state index in [1.54, 1.807) is 0 Å². The van der Waals surface area contributed by atoms with Gasteiger partial charge in [-0.2, -0.15) is 0 Å². The van der Waals surface area contributed by atoms with Gasteiger partial charge >= 0.3 is 0 Å². The molecule has 0 unspecified atom stereocenters. The Hall–Kier alpha value is -2.40. The molecule has 1 fully saturated rings. The first-order valence-electron chi connectivity index (χ1n) is 8.84. The van der Waals surface area contributed by atoms with Gasteiger partial charge in [0.2, 0.25) is 5.95 Å². The summed E-state index contributed by atoms with van der Waals surface area (Å²) in [5.41, 5.74) is 3.15. The van der Waals surface area contributed by atoms with Gasteiger partial charge in [-0.25, -0.2) is 9.37 Å². The van der Waals surface area contributed by atoms with Crippen LogP contribution in [0, 0.1) is 5.82 Å². The number of fused-ring (bicyclic) bond motifs is 1. The van der Waals surface area contributed by atoms with Crippen molar-refractivity contribution in [2.24, 2.45) is 0 Å². The molecule has 1 saturated heterocycles. The third-order valence-corrected chi connectivity index (χ3v) is 4.96. The Bertz CT molecular complexity index is 848. The monoisotopic (exact) mass is 338 g/mol. The Labute approximate surface area is 147 Å². The second kappa shape index (κ2) is 6.84. The number of halogens is 1. The Kier molecular flexibility index (Phi) is 4.40. The lowest BCUT2D eigenvalue weighted by Gasteiger charge is -2.29. The van der Waals surface area contributed by atoms with Crippen LogP contribution in [0.1, 0.15) is 18.4 Å². The highest BCUT2D eigenvalue weighted by atomic mass is 19.1. The van der Waals surface area contributed by atoms with Gasteiger partial charge in [0, 0.05) is 6.04 Å². The Morgan fingerprint density at radius 1 is 1.08 bits per heavy atom. The van der Waals surface area contributed by atoms with Crippen LogP contribution in [0.3, 0.4) is 0 Å². The number of hydrogen-bond acceptors (Lipinski definition) is 3. The summed E-state index contributed by atoms with van der Waals surface area (Å²) in [6.07, 6.45) is 2.24. The van der Waals surface area contributed by atoms with Gasteiger partial charge in [0.1, 0.15) is 5.82 Å². The van der Waals surface area contributed by atoms with Gasteiger partial charge in [-0.3, -0.25) is 0 Å². The number of para-hydroxylation sites is 2. The van der Waals surface area contributed by atoms with E-state index in [9.17, 15) is 4.39 Å². The van der Waals surface area contributed by atoms with Crippen molar-refractivity contribution in [3.63, 3.8) is 0 Å². The average Bonchev–Trinajstić information content (AvgIpc) is 2.96. The van der Waals surface area contributed by atoms with Gasteiger partial charge in [0.15, 0.2) is 0 Å². The largest absolute Gasteiger partial charge is 0.353 e. The molecule has 4 nitrogen and oxygen atoms in total. The number of anilines is 1. The number of benzene rings is 2. The van der Waals surface area contributed by atoms with E-state index in [1.165, 1.54) is 12.1 Å². The van der Waals surface area contributed by atoms with Crippen molar-refractivity contribution in [1.82, 2.24) is 14.5 Å². The average molecular weight is 338 g/mol. The molecule has 0 saturated carbocycles. The lowest BCUT2D eigenvalue weighted by Crippen LogP contribution is -2.37. The van der Waals surface area contributed by atoms with E-state index in [0.29, 0.717) is 12.6 Å². The van der Waals surface area contributed by atoms with Gasteiger partial charge in [-0.15, -0.1) is 0 Å². The molecule has 0 atom stereocenters. The van der Waals surface area contributed by atoms with Crippen molar-refractivity contribution in [3.8, 4) is 0 Å². The summed E-state index contributed by atoms with van der Waals surface area (Å²) in [6, 6.07) is 15.3. The molecular formula is C20H23FN4. The Morgan fingerprint density at radius 3 is 2.56 bits per heavy atom. The molecule has 25 heavy (non-hydrogen) atoms. The first-order chi connectivity index (χ1) is 12.2. The molecule has 0 bridgehead atoms. The van der Waals surface area contributed by atoms with Crippen LogP contribution < -0.4 is 5.32 Å². The highest BCUT2D eigenvalue weighted by Gasteiger charge is 2.19. The van der Waals surface area contributed by atoms with Crippen LogP contribution in [-0.4, -0.2) is 40.6 Å². The highest BCUT2D eigenvalue weighted by Crippen LogP contribution is 2.23. The number of piperidine rings is 1. The summed E-state index contributed by atoms with van der Waals surface area (Å²) in [6.45, 7) is 2.89. The van der Waals surface area contributed by atoms with E-state index in [-0.39, 0.29) is 5.82 Å². The van der Waals surface area contributed by atoms with Crippen LogP contribution in [0.2, 0.25) is 0 Å². The summed E-state index contributed by atoms with van der Waals surface area (Å²) >= 11 is 0. The molecule has 0 amide bonds. The SMILES string of the molecule is CN1CCC(Nc2nc3ccccc3n2Cc2ccc(F)cc2)CC1. The molecule has 0 aliphatic carbocycles. The Balaban J connectivity index is 1.64. The maximum Gasteiger partial charge on any atom is 0.204 e. The number of nitrogens with zero attached hydrogens (tertiary/aromatic N) is 3. The van der Waals surface area contributed by atoms with Crippen LogP contribution in [0.25, 0.3) is 11.0 Å². The fourth-order valence-corrected chi connectivity index (χ4v) is 3.45. The summed E-state index contributed by atoms with van der Waals surface area (Å²) in [5.74, 6) is 0.698. The summed E-state index contributed by atoms with van der Waals surface area (Å²) in [7, 11) is 2.17. The normalized spacial score (nSPS) is 16.4. The lowest BCUT2D eigenvalue weighted by atomic mass is 10.1. The maximum atomic E-state index is 13.2. The first kappa shape index (κ1) is 16.1. The summed E-state index contributed by atoms with van der Waals surface area (Å²) in [4.78, 5) is 7.16. The van der Waals surface area contributed by atoms with Gasteiger partial charge in [0.25, 0.3) is 0 Å². The van der Waals surface area contributed by atoms with E-state index in [1.807, 2.05) is 30.3 Å². The second-order valence-corrected chi connectivity index (χ2v) is 6.86. The highest BCUT2D eigenvalue weighted by molar-refractivity contribution is 5.78. The van der Waals surface area contributed by atoms with Crippen molar-refractivity contribution < 1.29 is 4.39 Å². The molecular weight excluding hydrogens is 315 g/mol. The molecule has 3 aromatic rings. The lowest BCUT2D eigenvalue weighted by molar-refractivity contribution is 0.263. The van der Waals surface area contributed by atoms with Gasteiger partial charge in [-0.05, 0) is 62.8 Å². The smallest absolute Gasteiger partial charge is 0.204 e. The summed E-state index contributed by atoms with van der Waals surface area (Å²) < 4.78 is 15.4. The molecule has 5 heteroatoms. The molecule has 2 heterocycles. The van der Waals surface area contributed by atoms with Crippen LogP contribution in [0.15, 0.2) is 48.5 Å². The van der Waals surface area contributed by atoms with Crippen molar-refractivity contribution in [2.75, 3.05) is 25.5 Å². The number of likely N-dealkylation sites (tertiary alicyclic amines) is 1. The van der Waals surface area contributed by atoms with E-state index < -0.39 is 0 Å². The molecule has 1 aromatic heterocycles. The topological polar surface area (TPSA) is 33.1 Å². The zero-order chi connectivity index (χ0) is 17.2. The predicted octanol–water partition coefficient (Wildman–Crippen LogP) is 3.73. The molecule has 1 N–H and O–H groups in total.